The van der Waals surface area contributed by atoms with Crippen LogP contribution in [0.1, 0.15) is 37.8 Å². The van der Waals surface area contributed by atoms with Gasteiger partial charge in [-0.25, -0.2) is 0 Å². The minimum Gasteiger partial charge on any atom is -0.399 e. The Balaban J connectivity index is 1.62. The van der Waals surface area contributed by atoms with Crippen molar-refractivity contribution in [3.63, 3.8) is 0 Å². The highest BCUT2D eigenvalue weighted by Crippen LogP contribution is 2.22. The number of aryl methyl sites for hydroxylation is 2. The van der Waals surface area contributed by atoms with Crippen molar-refractivity contribution < 1.29 is 0 Å². The Kier molecular flexibility index (Phi) is 7.36. The highest BCUT2D eigenvalue weighted by Gasteiger charge is 2.16. The first-order valence-corrected chi connectivity index (χ1v) is 9.72. The van der Waals surface area contributed by atoms with Crippen molar-refractivity contribution >= 4 is 22.7 Å². The number of nitrogen functional groups attached to an aromatic ring is 2. The summed E-state index contributed by atoms with van der Waals surface area (Å²) in [6.07, 6.45) is 2.12. The molecule has 2 rings (SSSR count). The van der Waals surface area contributed by atoms with E-state index in [2.05, 4.69) is 41.9 Å². The molecule has 0 unspecified atom stereocenters. The smallest absolute Gasteiger partial charge is 0.0348 e. The van der Waals surface area contributed by atoms with Crippen LogP contribution in [0.2, 0.25) is 0 Å². The van der Waals surface area contributed by atoms with Crippen molar-refractivity contribution in [1.29, 1.82) is 0 Å². The summed E-state index contributed by atoms with van der Waals surface area (Å²) in [6.45, 7) is 11.4. The molecule has 0 heterocycles. The summed E-state index contributed by atoms with van der Waals surface area (Å²) in [5.74, 6) is 0. The minimum atomic E-state index is 0.0231. The van der Waals surface area contributed by atoms with Crippen molar-refractivity contribution in [2.24, 2.45) is 0 Å². The Labute approximate surface area is 163 Å². The zero-order valence-corrected chi connectivity index (χ0v) is 17.2. The highest BCUT2D eigenvalue weighted by atomic mass is 15.0. The van der Waals surface area contributed by atoms with Crippen molar-refractivity contribution in [3.05, 3.63) is 47.5 Å². The number of rotatable bonds is 10. The fraction of sp³-hybridized carbons (Fsp3) is 0.455. The monoisotopic (exact) mass is 369 g/mol. The predicted molar refractivity (Wildman–Crippen MR) is 119 cm³/mol. The molecule has 0 amide bonds. The molecule has 0 aromatic heterocycles. The molecule has 0 aliphatic heterocycles. The molecule has 2 aromatic carbocycles. The van der Waals surface area contributed by atoms with E-state index in [0.29, 0.717) is 0 Å². The number of hydrogen-bond donors (Lipinski definition) is 5. The molecule has 0 bridgehead atoms. The van der Waals surface area contributed by atoms with Gasteiger partial charge < -0.3 is 27.4 Å². The van der Waals surface area contributed by atoms with Crippen LogP contribution in [0.15, 0.2) is 36.4 Å². The molecule has 27 heavy (non-hydrogen) atoms. The molecular weight excluding hydrogens is 334 g/mol. The fourth-order valence-electron chi connectivity index (χ4n) is 2.96. The second-order valence-electron chi connectivity index (χ2n) is 7.93. The van der Waals surface area contributed by atoms with Crippen LogP contribution in [-0.2, 0) is 0 Å². The molecule has 0 saturated heterocycles. The van der Waals surface area contributed by atoms with Crippen molar-refractivity contribution in [3.8, 4) is 0 Å². The lowest BCUT2D eigenvalue weighted by atomic mass is 9.99. The second-order valence-corrected chi connectivity index (χ2v) is 7.93. The molecule has 2 aromatic rings. The fourth-order valence-corrected chi connectivity index (χ4v) is 2.96. The van der Waals surface area contributed by atoms with Gasteiger partial charge in [0.05, 0.1) is 0 Å². The van der Waals surface area contributed by atoms with Gasteiger partial charge in [0.15, 0.2) is 0 Å². The number of benzene rings is 2. The van der Waals surface area contributed by atoms with Crippen LogP contribution in [0, 0.1) is 13.8 Å². The van der Waals surface area contributed by atoms with Crippen LogP contribution in [-0.4, -0.2) is 25.2 Å². The molecule has 5 heteroatoms. The predicted octanol–water partition coefficient (Wildman–Crippen LogP) is 4.14. The average Bonchev–Trinajstić information content (AvgIpc) is 2.60. The van der Waals surface area contributed by atoms with E-state index in [9.17, 15) is 0 Å². The minimum absolute atomic E-state index is 0.0231. The van der Waals surface area contributed by atoms with E-state index in [1.807, 2.05) is 38.1 Å². The van der Waals surface area contributed by atoms with Gasteiger partial charge in [-0.15, -0.1) is 0 Å². The largest absolute Gasteiger partial charge is 0.399 e. The van der Waals surface area contributed by atoms with Gasteiger partial charge in [-0.1, -0.05) is 0 Å². The molecule has 0 spiro atoms. The molecule has 0 aliphatic carbocycles. The van der Waals surface area contributed by atoms with E-state index in [4.69, 9.17) is 11.5 Å². The first-order chi connectivity index (χ1) is 12.8. The van der Waals surface area contributed by atoms with Gasteiger partial charge in [0.2, 0.25) is 0 Å². The summed E-state index contributed by atoms with van der Waals surface area (Å²) in [5, 5.41) is 10.6. The molecule has 0 fully saturated rings. The van der Waals surface area contributed by atoms with Gasteiger partial charge in [-0.2, -0.15) is 0 Å². The molecule has 0 atom stereocenters. The van der Waals surface area contributed by atoms with Crippen molar-refractivity contribution in [1.82, 2.24) is 5.32 Å². The van der Waals surface area contributed by atoms with Crippen LogP contribution >= 0.6 is 0 Å². The van der Waals surface area contributed by atoms with E-state index in [0.717, 1.165) is 66.4 Å². The summed E-state index contributed by atoms with van der Waals surface area (Å²) in [7, 11) is 0. The Hall–Kier alpha value is -2.40. The Morgan fingerprint density at radius 1 is 0.815 bits per heavy atom. The van der Waals surface area contributed by atoms with Gasteiger partial charge in [-0.3, -0.25) is 0 Å². The average molecular weight is 370 g/mol. The number of hydrogen-bond acceptors (Lipinski definition) is 5. The zero-order valence-electron chi connectivity index (χ0n) is 17.2. The topological polar surface area (TPSA) is 88.1 Å². The number of anilines is 4. The zero-order chi connectivity index (χ0) is 19.9. The highest BCUT2D eigenvalue weighted by molar-refractivity contribution is 5.58. The maximum atomic E-state index is 5.89. The van der Waals surface area contributed by atoms with Crippen LogP contribution in [0.25, 0.3) is 0 Å². The van der Waals surface area contributed by atoms with E-state index >= 15 is 0 Å². The molecule has 0 saturated carbocycles. The van der Waals surface area contributed by atoms with Crippen LogP contribution < -0.4 is 27.4 Å². The van der Waals surface area contributed by atoms with E-state index in [-0.39, 0.29) is 5.54 Å². The third-order valence-electron chi connectivity index (χ3n) is 4.81. The lowest BCUT2D eigenvalue weighted by Gasteiger charge is -2.28. The Morgan fingerprint density at radius 2 is 1.41 bits per heavy atom. The first kappa shape index (κ1) is 20.9. The lowest BCUT2D eigenvalue weighted by Crippen LogP contribution is -2.35. The lowest BCUT2D eigenvalue weighted by molar-refractivity contribution is 0.488. The van der Waals surface area contributed by atoms with E-state index in [1.165, 1.54) is 0 Å². The van der Waals surface area contributed by atoms with Crippen LogP contribution in [0.3, 0.4) is 0 Å². The summed E-state index contributed by atoms with van der Waals surface area (Å²) >= 11 is 0. The van der Waals surface area contributed by atoms with Gasteiger partial charge in [0.1, 0.15) is 0 Å². The van der Waals surface area contributed by atoms with Crippen molar-refractivity contribution in [2.75, 3.05) is 41.7 Å². The molecule has 148 valence electrons. The van der Waals surface area contributed by atoms with E-state index in [1.54, 1.807) is 0 Å². The molecule has 0 radical (unpaired) electrons. The summed E-state index contributed by atoms with van der Waals surface area (Å²) < 4.78 is 0. The number of nitrogens with one attached hydrogen (secondary N) is 3. The molecule has 0 aliphatic rings. The summed E-state index contributed by atoms with van der Waals surface area (Å²) in [4.78, 5) is 0. The first-order valence-electron chi connectivity index (χ1n) is 9.72. The second kappa shape index (κ2) is 9.51. The van der Waals surface area contributed by atoms with Gasteiger partial charge >= 0.3 is 0 Å². The van der Waals surface area contributed by atoms with Gasteiger partial charge in [0.25, 0.3) is 0 Å². The SMILES string of the molecule is Cc1cc(NCCCNCCC(C)(C)Nc2ccc(N)c(C)c2)ccc1N. The Morgan fingerprint density at radius 3 is 2.04 bits per heavy atom. The maximum absolute atomic E-state index is 5.89. The van der Waals surface area contributed by atoms with Crippen LogP contribution in [0.5, 0.6) is 0 Å². The molecule has 5 nitrogen and oxygen atoms in total. The third kappa shape index (κ3) is 7.02. The van der Waals surface area contributed by atoms with Gasteiger partial charge in [-0.05, 0) is 101 Å². The third-order valence-corrected chi connectivity index (χ3v) is 4.81. The van der Waals surface area contributed by atoms with Crippen molar-refractivity contribution in [2.45, 2.75) is 46.1 Å². The molecular formula is C22H35N5. The summed E-state index contributed by atoms with van der Waals surface area (Å²) in [6, 6.07) is 12.2. The Bertz CT molecular complexity index is 739. The van der Waals surface area contributed by atoms with E-state index < -0.39 is 0 Å². The number of nitrogens with two attached hydrogens (primary N) is 2. The van der Waals surface area contributed by atoms with Crippen LogP contribution in [0.4, 0.5) is 22.7 Å². The maximum Gasteiger partial charge on any atom is 0.0348 e. The molecule has 7 N–H and O–H groups in total. The summed E-state index contributed by atoms with van der Waals surface area (Å²) in [5.41, 5.74) is 17.9. The quantitative estimate of drug-likeness (QED) is 0.321. The normalized spacial score (nSPS) is 11.4. The van der Waals surface area contributed by atoms with Gasteiger partial charge in [0, 0.05) is 34.8 Å². The standard InChI is InChI=1S/C22H35N5/c1-16-14-18(6-8-20(16)23)26-12-5-11-25-13-10-22(3,4)27-19-7-9-21(24)17(2)15-19/h6-9,14-15,25-27H,5,10-13,23-24H2,1-4H3.